The minimum Gasteiger partial charge on any atom is -0.452 e. The van der Waals surface area contributed by atoms with Crippen molar-refractivity contribution in [3.05, 3.63) is 168 Å². The molecule has 0 amide bonds. The Balaban J connectivity index is 1.20. The van der Waals surface area contributed by atoms with E-state index >= 15 is 0 Å². The van der Waals surface area contributed by atoms with Gasteiger partial charge < -0.3 is 13.4 Å². The molecular formula is C49H30N2O2. The van der Waals surface area contributed by atoms with Gasteiger partial charge >= 0.3 is 0 Å². The lowest BCUT2D eigenvalue weighted by Gasteiger charge is -2.24. The predicted octanol–water partition coefficient (Wildman–Crippen LogP) is 13.2. The maximum atomic E-state index is 6.96. The van der Waals surface area contributed by atoms with Crippen molar-refractivity contribution in [3.8, 4) is 11.1 Å². The Morgan fingerprint density at radius 3 is 2.15 bits per heavy atom. The van der Waals surface area contributed by atoms with Crippen LogP contribution in [0.3, 0.4) is 0 Å². The highest BCUT2D eigenvalue weighted by Crippen LogP contribution is 2.53. The highest BCUT2D eigenvalue weighted by Gasteiger charge is 2.39. The fraction of sp³-hybridized carbons (Fsp3) is 0.0612. The van der Waals surface area contributed by atoms with E-state index in [2.05, 4.69) is 145 Å². The minimum absolute atomic E-state index is 0.233. The molecule has 7 aromatic carbocycles. The zero-order valence-corrected chi connectivity index (χ0v) is 29.1. The molecule has 3 aromatic heterocycles. The van der Waals surface area contributed by atoms with Gasteiger partial charge in [-0.15, -0.1) is 0 Å². The number of aliphatic imine (C=N–C) groups is 1. The number of rotatable bonds is 2. The second kappa shape index (κ2) is 10.1. The Labute approximate surface area is 304 Å². The smallest absolute Gasteiger partial charge is 0.178 e. The molecule has 4 heteroatoms. The summed E-state index contributed by atoms with van der Waals surface area (Å²) in [7, 11) is 0. The second-order valence-corrected chi connectivity index (χ2v) is 14.8. The first-order chi connectivity index (χ1) is 26.1. The van der Waals surface area contributed by atoms with Crippen LogP contribution in [-0.4, -0.2) is 10.3 Å². The Kier molecular flexibility index (Phi) is 5.50. The van der Waals surface area contributed by atoms with Crippen molar-refractivity contribution in [2.45, 2.75) is 19.3 Å². The van der Waals surface area contributed by atoms with Crippen LogP contribution in [0.4, 0.5) is 5.69 Å². The van der Waals surface area contributed by atoms with Crippen molar-refractivity contribution >= 4 is 88.9 Å². The molecule has 0 atom stereocenters. The van der Waals surface area contributed by atoms with Gasteiger partial charge in [0.2, 0.25) is 0 Å². The normalized spacial score (nSPS) is 14.6. The summed E-state index contributed by atoms with van der Waals surface area (Å²) in [5.41, 5.74) is 18.7. The predicted molar refractivity (Wildman–Crippen MR) is 218 cm³/mol. The number of fused-ring (bicyclic) bond motifs is 15. The molecule has 0 spiro atoms. The van der Waals surface area contributed by atoms with Gasteiger partial charge in [-0.1, -0.05) is 123 Å². The quantitative estimate of drug-likeness (QED) is 0.171. The maximum Gasteiger partial charge on any atom is 0.178 e. The van der Waals surface area contributed by atoms with Gasteiger partial charge in [0, 0.05) is 48.9 Å². The van der Waals surface area contributed by atoms with Gasteiger partial charge in [0.1, 0.15) is 22.6 Å². The lowest BCUT2D eigenvalue weighted by molar-refractivity contribution is 0.633. The topological polar surface area (TPSA) is 43.6 Å². The number of furan rings is 2. The Morgan fingerprint density at radius 2 is 1.23 bits per heavy atom. The van der Waals surface area contributed by atoms with E-state index in [4.69, 9.17) is 13.8 Å². The van der Waals surface area contributed by atoms with E-state index in [9.17, 15) is 0 Å². The fourth-order valence-corrected chi connectivity index (χ4v) is 9.23. The van der Waals surface area contributed by atoms with Gasteiger partial charge in [-0.2, -0.15) is 0 Å². The number of aromatic nitrogens is 1. The van der Waals surface area contributed by atoms with Crippen molar-refractivity contribution < 1.29 is 8.83 Å². The van der Waals surface area contributed by atoms with E-state index in [1.54, 1.807) is 0 Å². The van der Waals surface area contributed by atoms with Crippen LogP contribution in [0.25, 0.3) is 88.6 Å². The molecule has 12 rings (SSSR count). The van der Waals surface area contributed by atoms with Gasteiger partial charge in [0.15, 0.2) is 11.2 Å². The first-order valence-corrected chi connectivity index (χ1v) is 18.1. The van der Waals surface area contributed by atoms with Crippen LogP contribution in [0.1, 0.15) is 36.1 Å². The van der Waals surface area contributed by atoms with Crippen LogP contribution in [0.5, 0.6) is 0 Å². The summed E-state index contributed by atoms with van der Waals surface area (Å²) < 4.78 is 15.8. The van der Waals surface area contributed by atoms with Crippen molar-refractivity contribution in [3.63, 3.8) is 0 Å². The molecule has 0 bridgehead atoms. The average Bonchev–Trinajstić information content (AvgIpc) is 3.88. The van der Waals surface area contributed by atoms with Crippen LogP contribution in [-0.2, 0) is 5.41 Å². The molecule has 0 fully saturated rings. The molecule has 10 aromatic rings. The lowest BCUT2D eigenvalue weighted by atomic mass is 9.81. The van der Waals surface area contributed by atoms with Crippen molar-refractivity contribution in [1.29, 1.82) is 0 Å². The van der Waals surface area contributed by atoms with E-state index in [-0.39, 0.29) is 5.41 Å². The molecule has 0 saturated heterocycles. The number of para-hydroxylation sites is 4. The number of nitrogens with zero attached hydrogens (tertiary/aromatic N) is 2. The highest BCUT2D eigenvalue weighted by molar-refractivity contribution is 6.35. The number of benzene rings is 7. The van der Waals surface area contributed by atoms with Crippen LogP contribution in [0, 0.1) is 0 Å². The molecule has 248 valence electrons. The van der Waals surface area contributed by atoms with Crippen LogP contribution >= 0.6 is 0 Å². The third-order valence-electron chi connectivity index (χ3n) is 11.6. The van der Waals surface area contributed by atoms with Crippen molar-refractivity contribution in [1.82, 2.24) is 4.57 Å². The standard InChI is InChI=1S/C49H30N2O2/c1-49(2)38-18-7-4-13-29(38)32-23-24-33-30-14-5-9-20-40(30)51(45(33)43(32)49)41-27-22-28-12-3-8-19-39(28)50-44(41)37-17-11-16-34-36-26-25-35-31-15-6-10-21-42(31)52-47(35)48(36)53-46(34)37/h3-26H,1-2H3. The first kappa shape index (κ1) is 28.8. The van der Waals surface area contributed by atoms with Crippen molar-refractivity contribution in [2.24, 2.45) is 4.99 Å². The number of allylic oxidation sites excluding steroid dienone is 1. The summed E-state index contributed by atoms with van der Waals surface area (Å²) >= 11 is 0. The third-order valence-corrected chi connectivity index (χ3v) is 11.6. The lowest BCUT2D eigenvalue weighted by Crippen LogP contribution is -2.18. The zero-order valence-electron chi connectivity index (χ0n) is 29.1. The summed E-state index contributed by atoms with van der Waals surface area (Å²) in [5, 5.41) is 6.56. The number of hydrogen-bond donors (Lipinski definition) is 0. The Bertz CT molecular complexity index is 3350. The van der Waals surface area contributed by atoms with Crippen LogP contribution in [0.15, 0.2) is 159 Å². The Morgan fingerprint density at radius 1 is 0.547 bits per heavy atom. The van der Waals surface area contributed by atoms with Crippen molar-refractivity contribution in [2.75, 3.05) is 0 Å². The van der Waals surface area contributed by atoms with Crippen LogP contribution in [0.2, 0.25) is 0 Å². The summed E-state index contributed by atoms with van der Waals surface area (Å²) in [6.07, 6.45) is 2.08. The van der Waals surface area contributed by atoms with E-state index in [1.165, 1.54) is 38.5 Å². The summed E-state index contributed by atoms with van der Waals surface area (Å²) in [4.78, 5) is 5.53. The molecule has 0 N–H and O–H groups in total. The minimum atomic E-state index is -0.233. The molecule has 0 unspecified atom stereocenters. The van der Waals surface area contributed by atoms with Gasteiger partial charge in [0.25, 0.3) is 0 Å². The van der Waals surface area contributed by atoms with E-state index < -0.39 is 0 Å². The summed E-state index contributed by atoms with van der Waals surface area (Å²) in [6, 6.07) is 49.3. The zero-order chi connectivity index (χ0) is 35.0. The van der Waals surface area contributed by atoms with Crippen LogP contribution < -0.4 is 0 Å². The molecule has 53 heavy (non-hydrogen) atoms. The van der Waals surface area contributed by atoms with Gasteiger partial charge in [0.05, 0.1) is 16.7 Å². The van der Waals surface area contributed by atoms with Gasteiger partial charge in [-0.3, -0.25) is 0 Å². The van der Waals surface area contributed by atoms with Gasteiger partial charge in [-0.25, -0.2) is 4.99 Å². The van der Waals surface area contributed by atoms with E-state index in [0.29, 0.717) is 0 Å². The monoisotopic (exact) mass is 678 g/mol. The molecular weight excluding hydrogens is 649 g/mol. The molecule has 0 saturated carbocycles. The molecule has 1 aliphatic carbocycles. The molecule has 0 radical (unpaired) electrons. The molecule has 2 aliphatic rings. The Hall–Kier alpha value is -6.87. The SMILES string of the molecule is CC1(C)c2ccccc2-c2ccc3c4ccccc4n(C4=C=Cc5ccccc5N=C4c4cccc5c4oc4c5ccc5c6ccccc6oc54)c3c21. The third kappa shape index (κ3) is 3.72. The molecule has 4 heterocycles. The first-order valence-electron chi connectivity index (χ1n) is 18.1. The van der Waals surface area contributed by atoms with Gasteiger partial charge in [-0.05, 0) is 64.7 Å². The van der Waals surface area contributed by atoms with E-state index in [0.717, 1.165) is 77.6 Å². The van der Waals surface area contributed by atoms with E-state index in [1.807, 2.05) is 24.3 Å². The number of hydrogen-bond acceptors (Lipinski definition) is 3. The largest absolute Gasteiger partial charge is 0.452 e. The second-order valence-electron chi connectivity index (χ2n) is 14.8. The average molecular weight is 679 g/mol. The maximum absolute atomic E-state index is 6.96. The fourth-order valence-electron chi connectivity index (χ4n) is 9.23. The molecule has 1 aliphatic heterocycles. The molecule has 4 nitrogen and oxygen atoms in total. The summed E-state index contributed by atoms with van der Waals surface area (Å²) in [6.45, 7) is 4.71. The highest BCUT2D eigenvalue weighted by atomic mass is 16.4. The summed E-state index contributed by atoms with van der Waals surface area (Å²) in [5.74, 6) is 0.